The summed E-state index contributed by atoms with van der Waals surface area (Å²) in [6, 6.07) is 0. The van der Waals surface area contributed by atoms with Crippen molar-refractivity contribution < 1.29 is 18.4 Å². The molecule has 1 aliphatic carbocycles. The molecular formula is C12H24N4O4S. The van der Waals surface area contributed by atoms with Crippen molar-refractivity contribution in [3.05, 3.63) is 0 Å². The highest BCUT2D eigenvalue weighted by Gasteiger charge is 2.45. The maximum atomic E-state index is 12.4. The second kappa shape index (κ2) is 6.18. The molecule has 0 spiro atoms. The lowest BCUT2D eigenvalue weighted by Gasteiger charge is -2.30. The molecule has 0 atom stereocenters. The molecule has 122 valence electrons. The molecule has 1 amide bonds. The number of carbonyl (C=O) groups excluding carboxylic acids is 1. The van der Waals surface area contributed by atoms with Gasteiger partial charge in [-0.1, -0.05) is 18.0 Å². The topological polar surface area (TPSA) is 134 Å². The first-order valence-corrected chi connectivity index (χ1v) is 8.67. The van der Waals surface area contributed by atoms with Crippen molar-refractivity contribution in [3.8, 4) is 0 Å². The van der Waals surface area contributed by atoms with Crippen LogP contribution in [0, 0.1) is 5.41 Å². The Bertz CT molecular complexity index is 521. The molecule has 8 nitrogen and oxygen atoms in total. The molecule has 0 saturated heterocycles. The van der Waals surface area contributed by atoms with Crippen LogP contribution >= 0.6 is 0 Å². The van der Waals surface area contributed by atoms with Crippen LogP contribution in [0.25, 0.3) is 0 Å². The average Bonchev–Trinajstić information content (AvgIpc) is 2.82. The number of carbonyl (C=O) groups is 1. The number of hydrogen-bond acceptors (Lipinski definition) is 5. The van der Waals surface area contributed by atoms with Gasteiger partial charge in [0.15, 0.2) is 5.84 Å². The fourth-order valence-electron chi connectivity index (χ4n) is 2.68. The molecule has 0 unspecified atom stereocenters. The lowest BCUT2D eigenvalue weighted by atomic mass is 9.83. The number of oxime groups is 1. The van der Waals surface area contributed by atoms with E-state index in [2.05, 4.69) is 15.2 Å². The molecule has 1 rings (SSSR count). The van der Waals surface area contributed by atoms with Crippen molar-refractivity contribution in [2.24, 2.45) is 16.3 Å². The first-order valence-electron chi connectivity index (χ1n) is 6.78. The van der Waals surface area contributed by atoms with Crippen LogP contribution in [-0.2, 0) is 14.8 Å². The predicted octanol–water partition coefficient (Wildman–Crippen LogP) is -0.263. The van der Waals surface area contributed by atoms with Crippen LogP contribution < -0.4 is 15.8 Å². The van der Waals surface area contributed by atoms with E-state index >= 15 is 0 Å². The number of hydrogen-bond donors (Lipinski definition) is 4. The van der Waals surface area contributed by atoms with Gasteiger partial charge in [0.25, 0.3) is 0 Å². The van der Waals surface area contributed by atoms with E-state index < -0.39 is 21.0 Å². The molecule has 1 fully saturated rings. The van der Waals surface area contributed by atoms with Crippen LogP contribution in [0.2, 0.25) is 0 Å². The number of sulfonamides is 1. The molecule has 21 heavy (non-hydrogen) atoms. The summed E-state index contributed by atoms with van der Waals surface area (Å²) in [5.41, 5.74) is 3.87. The van der Waals surface area contributed by atoms with E-state index in [0.29, 0.717) is 12.8 Å². The number of nitrogens with one attached hydrogen (secondary N) is 2. The van der Waals surface area contributed by atoms with Gasteiger partial charge in [-0.2, -0.15) is 0 Å². The summed E-state index contributed by atoms with van der Waals surface area (Å²) < 4.78 is 25.0. The van der Waals surface area contributed by atoms with Crippen LogP contribution in [0.5, 0.6) is 0 Å². The molecule has 0 aromatic carbocycles. The summed E-state index contributed by atoms with van der Waals surface area (Å²) in [4.78, 5) is 12.4. The molecule has 9 heteroatoms. The fraction of sp³-hybridized carbons (Fsp3) is 0.833. The minimum atomic E-state index is -3.37. The van der Waals surface area contributed by atoms with E-state index in [-0.39, 0.29) is 18.3 Å². The van der Waals surface area contributed by atoms with E-state index in [1.165, 1.54) is 0 Å². The average molecular weight is 320 g/mol. The van der Waals surface area contributed by atoms with Gasteiger partial charge in [0.05, 0.1) is 6.26 Å². The van der Waals surface area contributed by atoms with Gasteiger partial charge in [-0.3, -0.25) is 4.79 Å². The highest BCUT2D eigenvalue weighted by molar-refractivity contribution is 7.88. The second-order valence-electron chi connectivity index (χ2n) is 6.22. The summed E-state index contributed by atoms with van der Waals surface area (Å²) >= 11 is 0. The minimum Gasteiger partial charge on any atom is -0.409 e. The van der Waals surface area contributed by atoms with Crippen molar-refractivity contribution in [2.75, 3.05) is 12.8 Å². The van der Waals surface area contributed by atoms with E-state index in [9.17, 15) is 13.2 Å². The highest BCUT2D eigenvalue weighted by atomic mass is 32.2. The first kappa shape index (κ1) is 17.7. The van der Waals surface area contributed by atoms with E-state index in [1.807, 2.05) is 0 Å². The Labute approximate surface area is 125 Å². The van der Waals surface area contributed by atoms with Gasteiger partial charge in [-0.15, -0.1) is 0 Å². The Balaban J connectivity index is 2.76. The molecule has 0 radical (unpaired) electrons. The number of amides is 1. The van der Waals surface area contributed by atoms with Gasteiger partial charge in [-0.05, 0) is 26.7 Å². The normalized spacial score (nSPS) is 19.5. The number of nitrogens with zero attached hydrogens (tertiary/aromatic N) is 1. The summed E-state index contributed by atoms with van der Waals surface area (Å²) in [6.45, 7) is 3.44. The smallest absolute Gasteiger partial charge is 0.234 e. The maximum absolute atomic E-state index is 12.4. The third kappa shape index (κ3) is 4.57. The van der Waals surface area contributed by atoms with Crippen LogP contribution in [0.15, 0.2) is 5.16 Å². The van der Waals surface area contributed by atoms with Gasteiger partial charge < -0.3 is 16.3 Å². The Morgan fingerprint density at radius 2 is 1.90 bits per heavy atom. The van der Waals surface area contributed by atoms with Gasteiger partial charge in [0, 0.05) is 12.1 Å². The largest absolute Gasteiger partial charge is 0.409 e. The third-order valence-electron chi connectivity index (χ3n) is 3.64. The summed E-state index contributed by atoms with van der Waals surface area (Å²) in [5.74, 6) is -0.426. The van der Waals surface area contributed by atoms with Crippen molar-refractivity contribution >= 4 is 21.8 Å². The Morgan fingerprint density at radius 3 is 2.33 bits per heavy atom. The number of nitrogens with two attached hydrogens (primary N) is 1. The molecule has 1 saturated carbocycles. The Kier molecular flexibility index (Phi) is 5.21. The number of amidine groups is 1. The second-order valence-corrected chi connectivity index (χ2v) is 7.96. The Morgan fingerprint density at radius 1 is 1.38 bits per heavy atom. The zero-order chi connectivity index (χ0) is 16.3. The molecule has 0 bridgehead atoms. The highest BCUT2D eigenvalue weighted by Crippen LogP contribution is 2.38. The number of rotatable bonds is 6. The minimum absolute atomic E-state index is 0.0913. The van der Waals surface area contributed by atoms with Crippen LogP contribution in [0.3, 0.4) is 0 Å². The zero-order valence-corrected chi connectivity index (χ0v) is 13.5. The van der Waals surface area contributed by atoms with E-state index in [4.69, 9.17) is 10.9 Å². The van der Waals surface area contributed by atoms with Crippen LogP contribution in [0.4, 0.5) is 0 Å². The SMILES string of the molecule is CC(C)(CNC(=O)C1(C(N)=NO)CCCC1)NS(C)(=O)=O. The monoisotopic (exact) mass is 320 g/mol. The summed E-state index contributed by atoms with van der Waals surface area (Å²) in [7, 11) is -3.37. The standard InChI is InChI=1S/C12H24N4O4S/c1-11(2,16-21(3,19)20)8-14-10(17)12(9(13)15-18)6-4-5-7-12/h16,18H,4-8H2,1-3H3,(H2,13,15)(H,14,17). The molecular weight excluding hydrogens is 296 g/mol. The third-order valence-corrected chi connectivity index (χ3v) is 4.57. The van der Waals surface area contributed by atoms with Crippen LogP contribution in [-0.4, -0.2) is 43.7 Å². The van der Waals surface area contributed by atoms with Gasteiger partial charge in [-0.25, -0.2) is 13.1 Å². The first-order chi connectivity index (χ1) is 9.52. The van der Waals surface area contributed by atoms with Crippen molar-refractivity contribution in [1.82, 2.24) is 10.0 Å². The lowest BCUT2D eigenvalue weighted by molar-refractivity contribution is -0.127. The summed E-state index contributed by atoms with van der Waals surface area (Å²) in [6.07, 6.45) is 3.76. The predicted molar refractivity (Wildman–Crippen MR) is 79.4 cm³/mol. The maximum Gasteiger partial charge on any atom is 0.234 e. The fourth-order valence-corrected chi connectivity index (χ4v) is 3.76. The zero-order valence-electron chi connectivity index (χ0n) is 12.6. The molecule has 0 heterocycles. The lowest BCUT2D eigenvalue weighted by Crippen LogP contribution is -2.55. The Hall–Kier alpha value is -1.35. The molecule has 0 aliphatic heterocycles. The van der Waals surface area contributed by atoms with E-state index in [0.717, 1.165) is 19.1 Å². The van der Waals surface area contributed by atoms with Crippen molar-refractivity contribution in [1.29, 1.82) is 0 Å². The van der Waals surface area contributed by atoms with Gasteiger partial charge in [0.2, 0.25) is 15.9 Å². The van der Waals surface area contributed by atoms with Crippen molar-refractivity contribution in [3.63, 3.8) is 0 Å². The molecule has 1 aliphatic rings. The van der Waals surface area contributed by atoms with Crippen molar-refractivity contribution in [2.45, 2.75) is 45.1 Å². The molecule has 0 aromatic heterocycles. The van der Waals surface area contributed by atoms with Gasteiger partial charge >= 0.3 is 0 Å². The quantitative estimate of drug-likeness (QED) is 0.231. The molecule has 5 N–H and O–H groups in total. The van der Waals surface area contributed by atoms with E-state index in [1.54, 1.807) is 13.8 Å². The van der Waals surface area contributed by atoms with Gasteiger partial charge in [0.1, 0.15) is 5.41 Å². The van der Waals surface area contributed by atoms with Crippen LogP contribution in [0.1, 0.15) is 39.5 Å². The summed E-state index contributed by atoms with van der Waals surface area (Å²) in [5, 5.41) is 14.6. The molecule has 0 aromatic rings.